The van der Waals surface area contributed by atoms with Gasteiger partial charge in [0.1, 0.15) is 0 Å². The van der Waals surface area contributed by atoms with Gasteiger partial charge in [-0.15, -0.1) is 0 Å². The van der Waals surface area contributed by atoms with Gasteiger partial charge in [0.2, 0.25) is 0 Å². The predicted molar refractivity (Wildman–Crippen MR) is 42.7 cm³/mol. The molecule has 0 fully saturated rings. The molecule has 0 saturated heterocycles. The van der Waals surface area contributed by atoms with Gasteiger partial charge >= 0.3 is 11.9 Å². The Balaban J connectivity index is 3.85. The number of aliphatic carboxylic acids is 1. The lowest BCUT2D eigenvalue weighted by Crippen LogP contribution is -2.25. The largest absolute Gasteiger partial charge is 0.479 e. The molecule has 70 valence electrons. The Bertz CT molecular complexity index is 164. The van der Waals surface area contributed by atoms with E-state index in [2.05, 4.69) is 4.74 Å². The highest BCUT2D eigenvalue weighted by molar-refractivity contribution is 5.77. The molecule has 0 aromatic carbocycles. The highest BCUT2D eigenvalue weighted by Gasteiger charge is 2.18. The van der Waals surface area contributed by atoms with Crippen molar-refractivity contribution >= 4 is 11.9 Å². The van der Waals surface area contributed by atoms with Gasteiger partial charge in [-0.05, 0) is 12.8 Å². The maximum atomic E-state index is 10.8. The molecule has 0 radical (unpaired) electrons. The molecule has 0 aromatic heterocycles. The Morgan fingerprint density at radius 2 is 2.00 bits per heavy atom. The third-order valence-corrected chi connectivity index (χ3v) is 1.37. The lowest BCUT2D eigenvalue weighted by Gasteiger charge is -2.10. The van der Waals surface area contributed by atoms with Crippen LogP contribution in [-0.4, -0.2) is 23.1 Å². The van der Waals surface area contributed by atoms with Crippen molar-refractivity contribution in [3.05, 3.63) is 0 Å². The Hall–Kier alpha value is -1.06. The average Bonchev–Trinajstić information content (AvgIpc) is 2.00. The number of carbonyl (C=O) groups excluding carboxylic acids is 1. The third kappa shape index (κ3) is 3.95. The van der Waals surface area contributed by atoms with Crippen molar-refractivity contribution < 1.29 is 19.4 Å². The van der Waals surface area contributed by atoms with Crippen LogP contribution in [0.25, 0.3) is 0 Å². The molecule has 0 heterocycles. The average molecular weight is 174 g/mol. The molecular formula is C8H14O4. The summed E-state index contributed by atoms with van der Waals surface area (Å²) >= 11 is 0. The topological polar surface area (TPSA) is 63.6 Å². The van der Waals surface area contributed by atoms with E-state index < -0.39 is 18.0 Å². The molecule has 0 aliphatic carbocycles. The van der Waals surface area contributed by atoms with E-state index in [4.69, 9.17) is 5.11 Å². The monoisotopic (exact) mass is 174 g/mol. The van der Waals surface area contributed by atoms with Crippen molar-refractivity contribution in [1.82, 2.24) is 0 Å². The second kappa shape index (κ2) is 5.57. The number of carbonyl (C=O) groups is 2. The van der Waals surface area contributed by atoms with Crippen LogP contribution in [0.3, 0.4) is 0 Å². The summed E-state index contributed by atoms with van der Waals surface area (Å²) in [6.45, 7) is 3.50. The molecule has 12 heavy (non-hydrogen) atoms. The minimum Gasteiger partial charge on any atom is -0.479 e. The molecule has 0 amide bonds. The molecule has 4 nitrogen and oxygen atoms in total. The number of hydrogen-bond donors (Lipinski definition) is 1. The van der Waals surface area contributed by atoms with Crippen molar-refractivity contribution in [2.45, 2.75) is 39.2 Å². The summed E-state index contributed by atoms with van der Waals surface area (Å²) in [5.74, 6) is -1.52. The number of carboxylic acids is 1. The van der Waals surface area contributed by atoms with Crippen molar-refractivity contribution in [3.63, 3.8) is 0 Å². The zero-order valence-electron chi connectivity index (χ0n) is 7.37. The first-order valence-corrected chi connectivity index (χ1v) is 4.04. The van der Waals surface area contributed by atoms with Crippen LogP contribution < -0.4 is 0 Å². The van der Waals surface area contributed by atoms with Gasteiger partial charge in [0, 0.05) is 6.42 Å². The Morgan fingerprint density at radius 3 is 2.33 bits per heavy atom. The van der Waals surface area contributed by atoms with Gasteiger partial charge in [-0.3, -0.25) is 4.79 Å². The van der Waals surface area contributed by atoms with E-state index in [1.54, 1.807) is 6.92 Å². The second-order valence-electron chi connectivity index (χ2n) is 2.47. The summed E-state index contributed by atoms with van der Waals surface area (Å²) in [5.41, 5.74) is 0. The molecular weight excluding hydrogens is 160 g/mol. The number of ether oxygens (including phenoxy) is 1. The van der Waals surface area contributed by atoms with Crippen LogP contribution in [0.5, 0.6) is 0 Å². The molecule has 0 rings (SSSR count). The second-order valence-corrected chi connectivity index (χ2v) is 2.47. The maximum absolute atomic E-state index is 10.8. The molecule has 0 bridgehead atoms. The molecule has 0 aliphatic rings. The molecule has 0 saturated carbocycles. The number of rotatable bonds is 5. The number of hydrogen-bond acceptors (Lipinski definition) is 3. The van der Waals surface area contributed by atoms with E-state index in [1.807, 2.05) is 6.92 Å². The van der Waals surface area contributed by atoms with E-state index in [0.29, 0.717) is 12.8 Å². The molecule has 4 heteroatoms. The van der Waals surface area contributed by atoms with Gasteiger partial charge in [0.15, 0.2) is 6.10 Å². The van der Waals surface area contributed by atoms with Crippen LogP contribution >= 0.6 is 0 Å². The summed E-state index contributed by atoms with van der Waals surface area (Å²) in [5, 5.41) is 8.51. The van der Waals surface area contributed by atoms with Crippen molar-refractivity contribution in [1.29, 1.82) is 0 Å². The first-order chi connectivity index (χ1) is 5.61. The first kappa shape index (κ1) is 10.9. The van der Waals surface area contributed by atoms with E-state index in [-0.39, 0.29) is 6.42 Å². The van der Waals surface area contributed by atoms with E-state index in [0.717, 1.165) is 0 Å². The summed E-state index contributed by atoms with van der Waals surface area (Å²) in [7, 11) is 0. The fraction of sp³-hybridized carbons (Fsp3) is 0.750. The summed E-state index contributed by atoms with van der Waals surface area (Å²) in [6.07, 6.45) is 0.285. The molecule has 0 aliphatic heterocycles. The fourth-order valence-corrected chi connectivity index (χ4v) is 0.730. The molecule has 1 atom stereocenters. The van der Waals surface area contributed by atoms with Gasteiger partial charge in [-0.2, -0.15) is 0 Å². The Kier molecular flexibility index (Phi) is 5.08. The number of esters is 1. The van der Waals surface area contributed by atoms with E-state index in [9.17, 15) is 9.59 Å². The van der Waals surface area contributed by atoms with Crippen LogP contribution in [0.1, 0.15) is 33.1 Å². The zero-order chi connectivity index (χ0) is 9.56. The van der Waals surface area contributed by atoms with E-state index in [1.165, 1.54) is 0 Å². The lowest BCUT2D eigenvalue weighted by molar-refractivity contribution is -0.164. The van der Waals surface area contributed by atoms with Gasteiger partial charge in [0.25, 0.3) is 0 Å². The van der Waals surface area contributed by atoms with Crippen molar-refractivity contribution in [3.8, 4) is 0 Å². The Labute approximate surface area is 71.5 Å². The highest BCUT2D eigenvalue weighted by atomic mass is 16.6. The minimum absolute atomic E-state index is 0.282. The van der Waals surface area contributed by atoms with Crippen LogP contribution in [-0.2, 0) is 14.3 Å². The van der Waals surface area contributed by atoms with Gasteiger partial charge in [-0.25, -0.2) is 4.79 Å². The highest BCUT2D eigenvalue weighted by Crippen LogP contribution is 2.01. The lowest BCUT2D eigenvalue weighted by atomic mass is 10.3. The van der Waals surface area contributed by atoms with Crippen LogP contribution in [0.4, 0.5) is 0 Å². The van der Waals surface area contributed by atoms with E-state index >= 15 is 0 Å². The SMILES string of the molecule is CCCC(=O)OC(CC)C(=O)O. The van der Waals surface area contributed by atoms with Crippen LogP contribution in [0, 0.1) is 0 Å². The zero-order valence-corrected chi connectivity index (χ0v) is 7.37. The fourth-order valence-electron chi connectivity index (χ4n) is 0.730. The maximum Gasteiger partial charge on any atom is 0.345 e. The molecule has 1 N–H and O–H groups in total. The number of carboxylic acid groups (broad SMARTS) is 1. The summed E-state index contributed by atoms with van der Waals surface area (Å²) in [6, 6.07) is 0. The van der Waals surface area contributed by atoms with Crippen molar-refractivity contribution in [2.75, 3.05) is 0 Å². The van der Waals surface area contributed by atoms with Crippen LogP contribution in [0.2, 0.25) is 0 Å². The Morgan fingerprint density at radius 1 is 1.42 bits per heavy atom. The molecule has 0 spiro atoms. The third-order valence-electron chi connectivity index (χ3n) is 1.37. The minimum atomic E-state index is -1.08. The standard InChI is InChI=1S/C8H14O4/c1-3-5-7(9)12-6(4-2)8(10)11/h6H,3-5H2,1-2H3,(H,10,11). The van der Waals surface area contributed by atoms with Crippen LogP contribution in [0.15, 0.2) is 0 Å². The summed E-state index contributed by atoms with van der Waals surface area (Å²) < 4.78 is 4.66. The van der Waals surface area contributed by atoms with Gasteiger partial charge in [-0.1, -0.05) is 13.8 Å². The molecule has 0 aromatic rings. The first-order valence-electron chi connectivity index (χ1n) is 4.04. The summed E-state index contributed by atoms with van der Waals surface area (Å²) in [4.78, 5) is 21.2. The predicted octanol–water partition coefficient (Wildman–Crippen LogP) is 1.19. The quantitative estimate of drug-likeness (QED) is 0.636. The normalized spacial score (nSPS) is 12.2. The molecule has 1 unspecified atom stereocenters. The van der Waals surface area contributed by atoms with Gasteiger partial charge in [0.05, 0.1) is 0 Å². The van der Waals surface area contributed by atoms with Gasteiger partial charge < -0.3 is 9.84 Å². The smallest absolute Gasteiger partial charge is 0.345 e. The van der Waals surface area contributed by atoms with Crippen molar-refractivity contribution in [2.24, 2.45) is 0 Å².